The van der Waals surface area contributed by atoms with E-state index < -0.39 is 34.0 Å². The fraction of sp³-hybridized carbons (Fsp3) is 0.219. The predicted molar refractivity (Wildman–Crippen MR) is 326 cm³/mol. The van der Waals surface area contributed by atoms with Gasteiger partial charge < -0.3 is 28.9 Å². The third-order valence-electron chi connectivity index (χ3n) is 13.8. The number of esters is 1. The summed E-state index contributed by atoms with van der Waals surface area (Å²) in [6.45, 7) is 5.50. The lowest BCUT2D eigenvalue weighted by atomic mass is 10.1. The maximum atomic E-state index is 13.8. The lowest BCUT2D eigenvalue weighted by Gasteiger charge is -2.19. The summed E-state index contributed by atoms with van der Waals surface area (Å²) in [4.78, 5) is 75.5. The molecule has 6 aromatic heterocycles. The lowest BCUT2D eigenvalue weighted by molar-refractivity contribution is -0.155. The minimum atomic E-state index is -1.49. The fourth-order valence-corrected chi connectivity index (χ4v) is 11.5. The van der Waals surface area contributed by atoms with Gasteiger partial charge in [-0.05, 0) is 144 Å². The Morgan fingerprint density at radius 3 is 1.64 bits per heavy atom. The number of H-pyrrole nitrogens is 2. The van der Waals surface area contributed by atoms with Gasteiger partial charge in [0.05, 0.1) is 77.6 Å². The summed E-state index contributed by atoms with van der Waals surface area (Å²) in [7, 11) is -1.49. The topological polar surface area (TPSA) is 260 Å². The van der Waals surface area contributed by atoms with Crippen LogP contribution < -0.4 is 11.1 Å². The van der Waals surface area contributed by atoms with Gasteiger partial charge in [0.15, 0.2) is 10.3 Å². The van der Waals surface area contributed by atoms with Crippen molar-refractivity contribution >= 4 is 78.4 Å². The Morgan fingerprint density at radius 1 is 0.609 bits per heavy atom. The molecule has 87 heavy (non-hydrogen) atoms. The SMILES string of the molecule is CC(C)(C)OC(=O)CCCCc1nc2cc(-c3cc(CSc4nc5ccccc5[nH]4)on3)ccc2c(=O)n1-c1ccc(F)cc1.O=C(O)CCCCc1nc2cc(-c3cc(CS(=O)c4nc5ccccc5[nH]4)on3)ccc2c(=O)n1-c1ccc(F)cc1. The number of carbonyl (C=O) groups excluding carboxylic acids is 1. The maximum absolute atomic E-state index is 13.8. The number of ether oxygens (including phenoxy) is 1. The zero-order valence-corrected chi connectivity index (χ0v) is 48.9. The van der Waals surface area contributed by atoms with E-state index in [0.717, 1.165) is 32.8 Å². The number of aliphatic carboxylic acids is 1. The van der Waals surface area contributed by atoms with Crippen LogP contribution in [0.3, 0.4) is 0 Å². The molecular weight excluding hydrogens is 1150 g/mol. The molecule has 0 fully saturated rings. The summed E-state index contributed by atoms with van der Waals surface area (Å²) in [5, 5.41) is 19.3. The van der Waals surface area contributed by atoms with E-state index in [1.807, 2.05) is 87.5 Å². The highest BCUT2D eigenvalue weighted by Gasteiger charge is 2.21. The highest BCUT2D eigenvalue weighted by atomic mass is 32.2. The van der Waals surface area contributed by atoms with Crippen molar-refractivity contribution in [3.63, 3.8) is 0 Å². The van der Waals surface area contributed by atoms with Crippen molar-refractivity contribution < 1.29 is 41.5 Å². The number of aromatic amines is 2. The number of carboxylic acid groups (broad SMARTS) is 1. The number of rotatable bonds is 20. The number of fused-ring (bicyclic) bond motifs is 4. The molecule has 0 aliphatic carbocycles. The van der Waals surface area contributed by atoms with Gasteiger partial charge >= 0.3 is 11.9 Å². The first kappa shape index (κ1) is 59.0. The van der Waals surface area contributed by atoms with Crippen LogP contribution in [0.25, 0.3) is 77.8 Å². The number of carbonyl (C=O) groups is 2. The van der Waals surface area contributed by atoms with Gasteiger partial charge in [-0.1, -0.05) is 58.5 Å². The number of nitrogens with one attached hydrogen (secondary N) is 2. The Bertz CT molecular complexity index is 4580. The van der Waals surface area contributed by atoms with Crippen molar-refractivity contribution in [2.75, 3.05) is 0 Å². The van der Waals surface area contributed by atoms with Crippen LogP contribution in [0, 0.1) is 11.6 Å². The predicted octanol–water partition coefficient (Wildman–Crippen LogP) is 12.6. The first-order valence-corrected chi connectivity index (χ1v) is 30.2. The average Bonchev–Trinajstić information content (AvgIpc) is 1.59. The number of benzene rings is 6. The van der Waals surface area contributed by atoms with E-state index in [9.17, 15) is 32.2 Å². The molecule has 23 heteroatoms. The van der Waals surface area contributed by atoms with Gasteiger partial charge in [0, 0.05) is 48.9 Å². The molecule has 12 rings (SSSR count). The van der Waals surface area contributed by atoms with Gasteiger partial charge in [0.25, 0.3) is 11.1 Å². The zero-order valence-electron chi connectivity index (χ0n) is 47.3. The van der Waals surface area contributed by atoms with E-state index in [1.54, 1.807) is 42.5 Å². The molecule has 0 bridgehead atoms. The summed E-state index contributed by atoms with van der Waals surface area (Å²) in [6.07, 6.45) is 3.15. The van der Waals surface area contributed by atoms with Gasteiger partial charge in [-0.2, -0.15) is 0 Å². The highest BCUT2D eigenvalue weighted by Crippen LogP contribution is 2.29. The van der Waals surface area contributed by atoms with Gasteiger partial charge in [-0.25, -0.2) is 28.7 Å². The standard InChI is InChI=1S/C34H32FN5O4S.C30H24FN5O5S/c1-34(2,3)43-31(41)11-7-6-10-30-36-29-18-21(12-17-25(29)32(42)40(30)23-15-13-22(35)14-16-23)28-19-24(44-39-28)20-45-33-37-26-8-4-5-9-27(26)38-33;31-19-10-12-20(13-11-19)36-27(7-3-4-8-28(37)38)32-26-15-18(9-14-22(26)29(36)39)25-16-21(41-35-25)17-42(40)30-33-23-5-1-2-6-24(23)34-30/h4-5,8-9,12-19H,6-7,10-11,20H2,1-3H3,(H,37,38);1-2,5-6,9-16H,3-4,7-8,17H2,(H,33,34)(H,37,38). The Morgan fingerprint density at radius 2 is 1.11 bits per heavy atom. The van der Waals surface area contributed by atoms with E-state index in [-0.39, 0.29) is 35.7 Å². The van der Waals surface area contributed by atoms with Crippen LogP contribution in [0.15, 0.2) is 175 Å². The molecule has 3 N–H and O–H groups in total. The number of nitrogens with zero attached hydrogens (tertiary/aromatic N) is 8. The quantitative estimate of drug-likeness (QED) is 0.0364. The summed E-state index contributed by atoms with van der Waals surface area (Å²) >= 11 is 1.52. The molecule has 0 saturated heterocycles. The molecule has 12 aromatic rings. The second kappa shape index (κ2) is 25.9. The van der Waals surface area contributed by atoms with Crippen molar-refractivity contribution in [2.24, 2.45) is 0 Å². The smallest absolute Gasteiger partial charge is 0.306 e. The molecule has 0 radical (unpaired) electrons. The van der Waals surface area contributed by atoms with Crippen LogP contribution in [0.4, 0.5) is 8.78 Å². The van der Waals surface area contributed by atoms with Gasteiger partial charge in [-0.15, -0.1) is 0 Å². The van der Waals surface area contributed by atoms with Crippen molar-refractivity contribution in [3.05, 3.63) is 201 Å². The van der Waals surface area contributed by atoms with Gasteiger partial charge in [0.1, 0.15) is 51.8 Å². The minimum Gasteiger partial charge on any atom is -0.481 e. The average molecular weight is 1210 g/mol. The Labute approximate surface area is 501 Å². The van der Waals surface area contributed by atoms with Crippen molar-refractivity contribution in [1.29, 1.82) is 0 Å². The van der Waals surface area contributed by atoms with Crippen molar-refractivity contribution in [1.82, 2.24) is 49.4 Å². The number of aromatic nitrogens is 10. The molecule has 0 saturated carbocycles. The number of carboxylic acids is 1. The maximum Gasteiger partial charge on any atom is 0.306 e. The van der Waals surface area contributed by atoms with Crippen LogP contribution in [-0.4, -0.2) is 76.2 Å². The van der Waals surface area contributed by atoms with Crippen molar-refractivity contribution in [3.8, 4) is 33.9 Å². The molecule has 19 nitrogen and oxygen atoms in total. The summed E-state index contributed by atoms with van der Waals surface area (Å²) in [5.41, 5.74) is 6.71. The van der Waals surface area contributed by atoms with Crippen LogP contribution in [0.1, 0.15) is 82.5 Å². The minimum absolute atomic E-state index is 0.00807. The molecule has 442 valence electrons. The fourth-order valence-electron chi connectivity index (χ4n) is 9.74. The molecular formula is C64H56F2N10O9S2. The van der Waals surface area contributed by atoms with E-state index in [2.05, 4.69) is 30.2 Å². The van der Waals surface area contributed by atoms with Crippen LogP contribution in [0.5, 0.6) is 0 Å². The molecule has 0 aliphatic heterocycles. The molecule has 0 amide bonds. The number of imidazole rings is 2. The van der Waals surface area contributed by atoms with E-state index in [1.165, 1.54) is 57.3 Å². The van der Waals surface area contributed by atoms with Crippen LogP contribution in [0.2, 0.25) is 0 Å². The third-order valence-corrected chi connectivity index (χ3v) is 15.9. The molecule has 1 atom stereocenters. The number of halogens is 2. The first-order valence-electron chi connectivity index (χ1n) is 27.9. The Hall–Kier alpha value is -9.74. The molecule has 1 unspecified atom stereocenters. The highest BCUT2D eigenvalue weighted by molar-refractivity contribution is 7.98. The lowest BCUT2D eigenvalue weighted by Crippen LogP contribution is -2.24. The Kier molecular flexibility index (Phi) is 17.5. The van der Waals surface area contributed by atoms with Gasteiger partial charge in [0.2, 0.25) is 0 Å². The van der Waals surface area contributed by atoms with Gasteiger partial charge in [-0.3, -0.25) is 32.5 Å². The van der Waals surface area contributed by atoms with E-state index >= 15 is 0 Å². The normalized spacial score (nSPS) is 12.0. The second-order valence-electron chi connectivity index (χ2n) is 21.4. The summed E-state index contributed by atoms with van der Waals surface area (Å²) < 4.78 is 59.7. The first-order chi connectivity index (χ1) is 42.0. The number of unbranched alkanes of at least 4 members (excludes halogenated alkanes) is 2. The number of thioether (sulfide) groups is 1. The molecule has 6 aromatic carbocycles. The second-order valence-corrected chi connectivity index (χ2v) is 23.7. The van der Waals surface area contributed by atoms with Crippen LogP contribution in [-0.2, 0) is 49.5 Å². The number of hydrogen-bond donors (Lipinski definition) is 3. The van der Waals surface area contributed by atoms with Crippen LogP contribution >= 0.6 is 11.8 Å². The van der Waals surface area contributed by atoms with Crippen molar-refractivity contribution in [2.45, 2.75) is 99.6 Å². The monoisotopic (exact) mass is 1210 g/mol. The molecule has 0 aliphatic rings. The molecule has 6 heterocycles. The number of para-hydroxylation sites is 4. The summed E-state index contributed by atoms with van der Waals surface area (Å²) in [6, 6.07) is 40.6. The summed E-state index contributed by atoms with van der Waals surface area (Å²) in [5.74, 6) is 0.660. The van der Waals surface area contributed by atoms with E-state index in [0.29, 0.717) is 123 Å². The number of hydrogen-bond acceptors (Lipinski definition) is 15. The zero-order chi connectivity index (χ0) is 60.8. The Balaban J connectivity index is 0.000000181. The largest absolute Gasteiger partial charge is 0.481 e. The number of aryl methyl sites for hydroxylation is 2. The van der Waals surface area contributed by atoms with E-state index in [4.69, 9.17) is 28.9 Å². The molecule has 0 spiro atoms. The third kappa shape index (κ3) is 14.2.